The fourth-order valence-electron chi connectivity index (χ4n) is 3.54. The summed E-state index contributed by atoms with van der Waals surface area (Å²) in [6.07, 6.45) is 0. The first-order chi connectivity index (χ1) is 16.3. The summed E-state index contributed by atoms with van der Waals surface area (Å²) in [5.74, 6) is 0.893. The highest BCUT2D eigenvalue weighted by Crippen LogP contribution is 2.49. The number of thioether (sulfide) groups is 2. The summed E-state index contributed by atoms with van der Waals surface area (Å²) in [6, 6.07) is 41.7. The second-order valence-electron chi connectivity index (χ2n) is 7.52. The number of benzene rings is 4. The number of nitrogens with zero attached hydrogens (tertiary/aromatic N) is 1. The Labute approximate surface area is 203 Å². The van der Waals surface area contributed by atoms with Crippen LogP contribution in [0.3, 0.4) is 0 Å². The second kappa shape index (κ2) is 10.6. The zero-order valence-electron chi connectivity index (χ0n) is 18.0. The van der Waals surface area contributed by atoms with E-state index in [2.05, 4.69) is 91.0 Å². The normalized spacial score (nSPS) is 11.1. The van der Waals surface area contributed by atoms with Crippen molar-refractivity contribution < 1.29 is 4.74 Å². The predicted octanol–water partition coefficient (Wildman–Crippen LogP) is 8.40. The van der Waals surface area contributed by atoms with E-state index in [1.165, 1.54) is 15.4 Å². The predicted molar refractivity (Wildman–Crippen MR) is 140 cm³/mol. The number of hydrogen-bond acceptors (Lipinski definition) is 4. The number of para-hydroxylation sites is 2. The van der Waals surface area contributed by atoms with Crippen molar-refractivity contribution in [1.82, 2.24) is 4.98 Å². The molecule has 33 heavy (non-hydrogen) atoms. The molecule has 4 heteroatoms. The smallest absolute Gasteiger partial charge is 0.130 e. The van der Waals surface area contributed by atoms with E-state index in [9.17, 15) is 0 Å². The summed E-state index contributed by atoms with van der Waals surface area (Å²) < 4.78 is 6.49. The molecule has 0 bridgehead atoms. The van der Waals surface area contributed by atoms with E-state index >= 15 is 0 Å². The van der Waals surface area contributed by atoms with Gasteiger partial charge in [0.1, 0.15) is 12.4 Å². The Morgan fingerprint density at radius 1 is 0.606 bits per heavy atom. The van der Waals surface area contributed by atoms with Gasteiger partial charge in [-0.05, 0) is 42.5 Å². The van der Waals surface area contributed by atoms with Crippen LogP contribution in [0, 0.1) is 0 Å². The van der Waals surface area contributed by atoms with Gasteiger partial charge in [-0.1, -0.05) is 78.9 Å². The van der Waals surface area contributed by atoms with E-state index in [4.69, 9.17) is 9.72 Å². The molecular weight excluding hydrogens is 442 g/mol. The van der Waals surface area contributed by atoms with E-state index in [0.29, 0.717) is 6.61 Å². The van der Waals surface area contributed by atoms with Crippen molar-refractivity contribution in [2.45, 2.75) is 21.0 Å². The molecule has 2 nitrogen and oxygen atoms in total. The third-order valence-electron chi connectivity index (χ3n) is 5.18. The van der Waals surface area contributed by atoms with Gasteiger partial charge in [0.05, 0.1) is 15.8 Å². The van der Waals surface area contributed by atoms with Gasteiger partial charge in [-0.25, -0.2) is 4.98 Å². The van der Waals surface area contributed by atoms with Crippen molar-refractivity contribution in [3.63, 3.8) is 0 Å². The highest BCUT2D eigenvalue weighted by molar-refractivity contribution is 8.16. The van der Waals surface area contributed by atoms with E-state index < -0.39 is 0 Å². The SMILES string of the molecule is c1ccc(SC(Sc2ccccc2)c2ccccc2OCc2ccc3ccccc3n2)cc1. The van der Waals surface area contributed by atoms with E-state index in [1.807, 2.05) is 53.9 Å². The first-order valence-electron chi connectivity index (χ1n) is 10.8. The Hall–Kier alpha value is -3.21. The number of pyridine rings is 1. The van der Waals surface area contributed by atoms with Crippen LogP contribution in [0.4, 0.5) is 0 Å². The van der Waals surface area contributed by atoms with E-state index in [1.54, 1.807) is 0 Å². The fraction of sp³-hybridized carbons (Fsp3) is 0.0690. The highest BCUT2D eigenvalue weighted by atomic mass is 32.2. The van der Waals surface area contributed by atoms with Crippen LogP contribution in [0.15, 0.2) is 131 Å². The molecule has 1 aromatic heterocycles. The lowest BCUT2D eigenvalue weighted by molar-refractivity contribution is 0.299. The van der Waals surface area contributed by atoms with Crippen molar-refractivity contribution in [2.24, 2.45) is 0 Å². The summed E-state index contributed by atoms with van der Waals surface area (Å²) >= 11 is 3.68. The van der Waals surface area contributed by atoms with Gasteiger partial charge in [0.15, 0.2) is 0 Å². The minimum absolute atomic E-state index is 0.149. The summed E-state index contributed by atoms with van der Waals surface area (Å²) in [6.45, 7) is 0.431. The second-order valence-corrected chi connectivity index (χ2v) is 10.2. The van der Waals surface area contributed by atoms with Crippen molar-refractivity contribution >= 4 is 34.4 Å². The van der Waals surface area contributed by atoms with Crippen molar-refractivity contribution in [3.05, 3.63) is 133 Å². The zero-order valence-corrected chi connectivity index (χ0v) is 19.6. The molecule has 162 valence electrons. The molecule has 4 aromatic carbocycles. The molecule has 0 fully saturated rings. The van der Waals surface area contributed by atoms with Gasteiger partial charge in [-0.2, -0.15) is 0 Å². The van der Waals surface area contributed by atoms with E-state index in [0.717, 1.165) is 22.3 Å². The highest BCUT2D eigenvalue weighted by Gasteiger charge is 2.19. The van der Waals surface area contributed by atoms with Gasteiger partial charge < -0.3 is 4.74 Å². The standard InChI is InChI=1S/C29H23NOS2/c1-3-12-24(13-4-1)32-29(33-25-14-5-2-6-15-25)26-16-8-10-18-28(26)31-21-23-20-19-22-11-7-9-17-27(22)30-23/h1-20,29H,21H2. The topological polar surface area (TPSA) is 22.1 Å². The Kier molecular flexibility index (Phi) is 6.95. The molecule has 0 N–H and O–H groups in total. The third kappa shape index (κ3) is 5.59. The molecule has 0 unspecified atom stereocenters. The summed E-state index contributed by atoms with van der Waals surface area (Å²) in [5, 5.41) is 1.14. The van der Waals surface area contributed by atoms with Gasteiger partial charge in [0.25, 0.3) is 0 Å². The van der Waals surface area contributed by atoms with Gasteiger partial charge in [0, 0.05) is 20.7 Å². The molecule has 0 aliphatic heterocycles. The number of rotatable bonds is 8. The largest absolute Gasteiger partial charge is 0.487 e. The van der Waals surface area contributed by atoms with Crippen LogP contribution < -0.4 is 4.74 Å². The molecule has 1 heterocycles. The van der Waals surface area contributed by atoms with Gasteiger partial charge in [-0.15, -0.1) is 23.5 Å². The monoisotopic (exact) mass is 465 g/mol. The van der Waals surface area contributed by atoms with Crippen LogP contribution in [0.2, 0.25) is 0 Å². The van der Waals surface area contributed by atoms with Crippen molar-refractivity contribution in [3.8, 4) is 5.75 Å². The van der Waals surface area contributed by atoms with Crippen LogP contribution >= 0.6 is 23.5 Å². The summed E-state index contributed by atoms with van der Waals surface area (Å²) in [5.41, 5.74) is 3.08. The fourth-order valence-corrected chi connectivity index (χ4v) is 6.17. The lowest BCUT2D eigenvalue weighted by Crippen LogP contribution is -2.02. The average molecular weight is 466 g/mol. The van der Waals surface area contributed by atoms with Gasteiger partial charge >= 0.3 is 0 Å². The molecule has 0 radical (unpaired) electrons. The average Bonchev–Trinajstić information content (AvgIpc) is 2.88. The minimum Gasteiger partial charge on any atom is -0.487 e. The summed E-state index contributed by atoms with van der Waals surface area (Å²) in [7, 11) is 0. The maximum atomic E-state index is 6.34. The Morgan fingerprint density at radius 3 is 1.94 bits per heavy atom. The maximum absolute atomic E-state index is 6.34. The number of fused-ring (bicyclic) bond motifs is 1. The quantitative estimate of drug-likeness (QED) is 0.169. The Bertz CT molecular complexity index is 1280. The Morgan fingerprint density at radius 2 is 1.21 bits per heavy atom. The molecule has 0 aliphatic carbocycles. The molecule has 0 amide bonds. The van der Waals surface area contributed by atoms with Crippen LogP contribution in [0.25, 0.3) is 10.9 Å². The molecular formula is C29H23NOS2. The molecule has 0 aliphatic rings. The van der Waals surface area contributed by atoms with Gasteiger partial charge in [-0.3, -0.25) is 0 Å². The molecule has 0 saturated heterocycles. The molecule has 5 aromatic rings. The molecule has 0 saturated carbocycles. The molecule has 0 spiro atoms. The van der Waals surface area contributed by atoms with Crippen LogP contribution in [0.5, 0.6) is 5.75 Å². The first-order valence-corrected chi connectivity index (χ1v) is 12.6. The van der Waals surface area contributed by atoms with Crippen LogP contribution in [-0.4, -0.2) is 4.98 Å². The number of aromatic nitrogens is 1. The number of ether oxygens (including phenoxy) is 1. The van der Waals surface area contributed by atoms with Gasteiger partial charge in [0.2, 0.25) is 0 Å². The minimum atomic E-state index is 0.149. The summed E-state index contributed by atoms with van der Waals surface area (Å²) in [4.78, 5) is 7.23. The number of hydrogen-bond donors (Lipinski definition) is 0. The van der Waals surface area contributed by atoms with Crippen LogP contribution in [-0.2, 0) is 6.61 Å². The van der Waals surface area contributed by atoms with Crippen molar-refractivity contribution in [1.29, 1.82) is 0 Å². The first kappa shape index (κ1) is 21.6. The van der Waals surface area contributed by atoms with E-state index in [-0.39, 0.29) is 4.58 Å². The lowest BCUT2D eigenvalue weighted by Gasteiger charge is -2.20. The van der Waals surface area contributed by atoms with Crippen molar-refractivity contribution in [2.75, 3.05) is 0 Å². The maximum Gasteiger partial charge on any atom is 0.130 e. The zero-order chi connectivity index (χ0) is 22.3. The third-order valence-corrected chi connectivity index (χ3v) is 7.78. The van der Waals surface area contributed by atoms with Crippen LogP contribution in [0.1, 0.15) is 15.8 Å². The molecule has 0 atom stereocenters. The Balaban J connectivity index is 1.41. The molecule has 5 rings (SSSR count). The lowest BCUT2D eigenvalue weighted by atomic mass is 10.2.